The molecule has 25 heavy (non-hydrogen) atoms. The Morgan fingerprint density at radius 1 is 1.32 bits per heavy atom. The van der Waals surface area contributed by atoms with Crippen LogP contribution in [0.5, 0.6) is 5.88 Å². The van der Waals surface area contributed by atoms with Crippen LogP contribution >= 0.6 is 12.4 Å². The first-order valence-corrected chi connectivity index (χ1v) is 8.77. The van der Waals surface area contributed by atoms with Crippen LogP contribution in [0, 0.1) is 0 Å². The third-order valence-corrected chi connectivity index (χ3v) is 4.23. The molecule has 1 saturated heterocycles. The summed E-state index contributed by atoms with van der Waals surface area (Å²) in [4.78, 5) is 25.4. The van der Waals surface area contributed by atoms with E-state index in [0.717, 1.165) is 25.9 Å². The van der Waals surface area contributed by atoms with E-state index in [0.29, 0.717) is 37.9 Å². The zero-order valence-corrected chi connectivity index (χ0v) is 16.2. The average Bonchev–Trinajstić information content (AvgIpc) is 2.80. The van der Waals surface area contributed by atoms with E-state index < -0.39 is 5.54 Å². The van der Waals surface area contributed by atoms with Crippen molar-refractivity contribution in [3.8, 4) is 5.88 Å². The van der Waals surface area contributed by atoms with E-state index in [-0.39, 0.29) is 18.3 Å². The van der Waals surface area contributed by atoms with Gasteiger partial charge in [0.1, 0.15) is 0 Å². The number of aromatic nitrogens is 2. The molecule has 1 amide bonds. The minimum Gasteiger partial charge on any atom is -0.478 e. The molecule has 0 radical (unpaired) electrons. The Balaban J connectivity index is 0.00000312. The molecule has 0 bridgehead atoms. The number of carbonyl (C=O) groups excluding carboxylic acids is 1. The second-order valence-electron chi connectivity index (χ2n) is 6.43. The fourth-order valence-electron chi connectivity index (χ4n) is 3.02. The summed E-state index contributed by atoms with van der Waals surface area (Å²) in [5.41, 5.74) is 5.42. The Morgan fingerprint density at radius 2 is 2.08 bits per heavy atom. The van der Waals surface area contributed by atoms with Gasteiger partial charge >= 0.3 is 0 Å². The van der Waals surface area contributed by atoms with Gasteiger partial charge in [0.15, 0.2) is 0 Å². The minimum atomic E-state index is -0.782. The second kappa shape index (κ2) is 9.77. The SMILES string of the molecule is CCCC(C)(N)C(=O)N1CCCN(c2nccc(OCC)n2)CC1.Cl. The van der Waals surface area contributed by atoms with Crippen LogP contribution in [0.3, 0.4) is 0 Å². The smallest absolute Gasteiger partial charge is 0.242 e. The van der Waals surface area contributed by atoms with Gasteiger partial charge in [-0.05, 0) is 26.7 Å². The molecule has 0 saturated carbocycles. The summed E-state index contributed by atoms with van der Waals surface area (Å²) in [5, 5.41) is 0. The van der Waals surface area contributed by atoms with Crippen LogP contribution < -0.4 is 15.4 Å². The van der Waals surface area contributed by atoms with Crippen LogP contribution in [0.1, 0.15) is 40.0 Å². The first kappa shape index (κ1) is 21.4. The van der Waals surface area contributed by atoms with Crippen molar-refractivity contribution >= 4 is 24.3 Å². The first-order valence-electron chi connectivity index (χ1n) is 8.77. The van der Waals surface area contributed by atoms with E-state index in [9.17, 15) is 4.79 Å². The Kier molecular flexibility index (Phi) is 8.38. The molecule has 0 aliphatic carbocycles. The number of anilines is 1. The summed E-state index contributed by atoms with van der Waals surface area (Å²) in [7, 11) is 0. The van der Waals surface area contributed by atoms with Crippen molar-refractivity contribution in [2.24, 2.45) is 5.73 Å². The lowest BCUT2D eigenvalue weighted by molar-refractivity contribution is -0.136. The maximum Gasteiger partial charge on any atom is 0.242 e. The van der Waals surface area contributed by atoms with Crippen LogP contribution in [-0.2, 0) is 4.79 Å². The quantitative estimate of drug-likeness (QED) is 0.821. The van der Waals surface area contributed by atoms with Gasteiger partial charge in [0, 0.05) is 38.4 Å². The molecule has 2 N–H and O–H groups in total. The molecule has 2 rings (SSSR count). The Bertz CT molecular complexity index is 556. The van der Waals surface area contributed by atoms with Gasteiger partial charge in [-0.3, -0.25) is 4.79 Å². The number of nitrogens with zero attached hydrogens (tertiary/aromatic N) is 4. The Morgan fingerprint density at radius 3 is 2.76 bits per heavy atom. The standard InChI is InChI=1S/C17H29N5O2.ClH/c1-4-8-17(3,18)15(23)21-10-6-11-22(13-12-21)16-19-9-7-14(20-16)24-5-2;/h7,9H,4-6,8,10-13,18H2,1-3H3;1H. The molecule has 1 unspecified atom stereocenters. The van der Waals surface area contributed by atoms with Crippen LogP contribution in [0.15, 0.2) is 12.3 Å². The highest BCUT2D eigenvalue weighted by Gasteiger charge is 2.32. The van der Waals surface area contributed by atoms with E-state index in [2.05, 4.69) is 14.9 Å². The fraction of sp³-hybridized carbons (Fsp3) is 0.706. The van der Waals surface area contributed by atoms with Gasteiger partial charge in [-0.15, -0.1) is 12.4 Å². The summed E-state index contributed by atoms with van der Waals surface area (Å²) in [6.07, 6.45) is 4.18. The van der Waals surface area contributed by atoms with Crippen molar-refractivity contribution in [3.05, 3.63) is 12.3 Å². The van der Waals surface area contributed by atoms with Gasteiger partial charge in [0.2, 0.25) is 17.7 Å². The van der Waals surface area contributed by atoms with Gasteiger partial charge < -0.3 is 20.3 Å². The zero-order chi connectivity index (χ0) is 17.6. The molecule has 1 aliphatic rings. The van der Waals surface area contributed by atoms with Gasteiger partial charge in [0.25, 0.3) is 0 Å². The highest BCUT2D eigenvalue weighted by atomic mass is 35.5. The van der Waals surface area contributed by atoms with Crippen molar-refractivity contribution < 1.29 is 9.53 Å². The molecule has 1 atom stereocenters. The third-order valence-electron chi connectivity index (χ3n) is 4.23. The maximum atomic E-state index is 12.7. The summed E-state index contributed by atoms with van der Waals surface area (Å²) in [6.45, 7) is 9.25. The summed E-state index contributed by atoms with van der Waals surface area (Å²) < 4.78 is 5.44. The predicted molar refractivity (Wildman–Crippen MR) is 101 cm³/mol. The Labute approximate surface area is 156 Å². The van der Waals surface area contributed by atoms with Crippen LogP contribution in [0.4, 0.5) is 5.95 Å². The number of nitrogens with two attached hydrogens (primary N) is 1. The van der Waals surface area contributed by atoms with Gasteiger partial charge in [-0.1, -0.05) is 13.3 Å². The normalized spacial score (nSPS) is 17.3. The van der Waals surface area contributed by atoms with Gasteiger partial charge in [-0.2, -0.15) is 4.98 Å². The van der Waals surface area contributed by atoms with Crippen molar-refractivity contribution in [2.75, 3.05) is 37.7 Å². The molecule has 2 heterocycles. The van der Waals surface area contributed by atoms with Crippen molar-refractivity contribution in [2.45, 2.75) is 45.6 Å². The molecule has 7 nitrogen and oxygen atoms in total. The van der Waals surface area contributed by atoms with E-state index in [4.69, 9.17) is 10.5 Å². The van der Waals surface area contributed by atoms with Crippen LogP contribution in [-0.4, -0.2) is 59.1 Å². The highest BCUT2D eigenvalue weighted by molar-refractivity contribution is 5.86. The lowest BCUT2D eigenvalue weighted by Crippen LogP contribution is -2.54. The highest BCUT2D eigenvalue weighted by Crippen LogP contribution is 2.18. The molecular weight excluding hydrogens is 342 g/mol. The molecule has 1 aliphatic heterocycles. The van der Waals surface area contributed by atoms with Crippen LogP contribution in [0.25, 0.3) is 0 Å². The van der Waals surface area contributed by atoms with Crippen molar-refractivity contribution in [1.29, 1.82) is 0 Å². The molecule has 0 spiro atoms. The second-order valence-corrected chi connectivity index (χ2v) is 6.43. The van der Waals surface area contributed by atoms with Gasteiger partial charge in [0.05, 0.1) is 12.1 Å². The monoisotopic (exact) mass is 371 g/mol. The molecule has 8 heteroatoms. The lowest BCUT2D eigenvalue weighted by Gasteiger charge is -2.31. The number of ether oxygens (including phenoxy) is 1. The average molecular weight is 372 g/mol. The van der Waals surface area contributed by atoms with E-state index >= 15 is 0 Å². The number of rotatable bonds is 6. The molecular formula is C17H30ClN5O2. The first-order chi connectivity index (χ1) is 11.5. The molecule has 1 aromatic heterocycles. The molecule has 1 fully saturated rings. The topological polar surface area (TPSA) is 84.6 Å². The molecule has 0 aromatic carbocycles. The number of hydrogen-bond donors (Lipinski definition) is 1. The number of halogens is 1. The Hall–Kier alpha value is -1.60. The van der Waals surface area contributed by atoms with E-state index in [1.54, 1.807) is 12.3 Å². The van der Waals surface area contributed by atoms with Gasteiger partial charge in [-0.25, -0.2) is 4.98 Å². The molecule has 142 valence electrons. The summed E-state index contributed by atoms with van der Waals surface area (Å²) in [5.74, 6) is 1.27. The zero-order valence-electron chi connectivity index (χ0n) is 15.4. The summed E-state index contributed by atoms with van der Waals surface area (Å²) in [6, 6.07) is 1.76. The molecule has 1 aromatic rings. The largest absolute Gasteiger partial charge is 0.478 e. The predicted octanol–water partition coefficient (Wildman–Crippen LogP) is 1.85. The lowest BCUT2D eigenvalue weighted by atomic mass is 9.95. The fourth-order valence-corrected chi connectivity index (χ4v) is 3.02. The van der Waals surface area contributed by atoms with E-state index in [1.165, 1.54) is 0 Å². The maximum absolute atomic E-state index is 12.7. The number of carbonyl (C=O) groups is 1. The van der Waals surface area contributed by atoms with Crippen LogP contribution in [0.2, 0.25) is 0 Å². The third kappa shape index (κ3) is 5.71. The van der Waals surface area contributed by atoms with Crippen molar-refractivity contribution in [3.63, 3.8) is 0 Å². The summed E-state index contributed by atoms with van der Waals surface area (Å²) >= 11 is 0. The number of hydrogen-bond acceptors (Lipinski definition) is 6. The minimum absolute atomic E-state index is 0. The van der Waals surface area contributed by atoms with Crippen molar-refractivity contribution in [1.82, 2.24) is 14.9 Å². The number of amides is 1. The van der Waals surface area contributed by atoms with E-state index in [1.807, 2.05) is 25.7 Å².